The Labute approximate surface area is 185 Å². The molecule has 1 heterocycles. The minimum atomic E-state index is -3.64. The van der Waals surface area contributed by atoms with Crippen LogP contribution >= 0.6 is 0 Å². The van der Waals surface area contributed by atoms with E-state index in [2.05, 4.69) is 28.7 Å². The number of piperidine rings is 1. The fourth-order valence-electron chi connectivity index (χ4n) is 4.26. The van der Waals surface area contributed by atoms with E-state index in [1.54, 1.807) is 19.2 Å². The molecule has 4 rings (SSSR count). The maximum Gasteiger partial charge on any atom is 0.241 e. The summed E-state index contributed by atoms with van der Waals surface area (Å²) in [7, 11) is -2.03. The topological polar surface area (TPSA) is 58.6 Å². The molecule has 1 aliphatic heterocycles. The largest absolute Gasteiger partial charge is 0.497 e. The zero-order chi connectivity index (χ0) is 22.0. The number of nitrogens with one attached hydrogen (secondary N) is 1. The van der Waals surface area contributed by atoms with Gasteiger partial charge in [0.2, 0.25) is 10.0 Å². The molecular weight excluding hydrogens is 408 g/mol. The number of hydrogen-bond donors (Lipinski definition) is 1. The Morgan fingerprint density at radius 1 is 1.03 bits per heavy atom. The van der Waals surface area contributed by atoms with Crippen molar-refractivity contribution >= 4 is 26.5 Å². The van der Waals surface area contributed by atoms with Gasteiger partial charge in [0.15, 0.2) is 0 Å². The summed E-state index contributed by atoms with van der Waals surface area (Å²) in [6.45, 7) is 6.33. The second-order valence-corrected chi connectivity index (χ2v) is 10.2. The summed E-state index contributed by atoms with van der Waals surface area (Å²) in [4.78, 5) is 2.67. The van der Waals surface area contributed by atoms with Gasteiger partial charge in [-0.05, 0) is 78.4 Å². The van der Waals surface area contributed by atoms with Crippen LogP contribution in [0.1, 0.15) is 38.3 Å². The molecule has 2 unspecified atom stereocenters. The first-order valence-electron chi connectivity index (χ1n) is 10.8. The van der Waals surface area contributed by atoms with Gasteiger partial charge in [-0.2, -0.15) is 0 Å². The van der Waals surface area contributed by atoms with Crippen LogP contribution in [0.15, 0.2) is 65.6 Å². The zero-order valence-corrected chi connectivity index (χ0v) is 19.2. The van der Waals surface area contributed by atoms with Gasteiger partial charge >= 0.3 is 0 Å². The number of benzene rings is 3. The summed E-state index contributed by atoms with van der Waals surface area (Å²) in [6, 6.07) is 18.7. The van der Waals surface area contributed by atoms with E-state index in [9.17, 15) is 8.42 Å². The molecule has 1 N–H and O–H groups in total. The van der Waals surface area contributed by atoms with E-state index < -0.39 is 10.0 Å². The minimum absolute atomic E-state index is 0.260. The van der Waals surface area contributed by atoms with E-state index in [1.807, 2.05) is 43.3 Å². The SMILES string of the molecule is COc1ccc2cc(S(=O)(=O)NC(C)c3ccc(N4CCCC(C)C4)cc3)ccc2c1. The molecule has 0 saturated carbocycles. The Balaban J connectivity index is 1.49. The number of methoxy groups -OCH3 is 1. The maximum absolute atomic E-state index is 13.0. The van der Waals surface area contributed by atoms with Crippen LogP contribution in [0.25, 0.3) is 10.8 Å². The average Bonchev–Trinajstić information content (AvgIpc) is 2.78. The van der Waals surface area contributed by atoms with Crippen molar-refractivity contribution < 1.29 is 13.2 Å². The molecule has 0 bridgehead atoms. The second-order valence-electron chi connectivity index (χ2n) is 8.50. The van der Waals surface area contributed by atoms with E-state index in [0.717, 1.165) is 35.2 Å². The average molecular weight is 439 g/mol. The van der Waals surface area contributed by atoms with Gasteiger partial charge in [-0.25, -0.2) is 13.1 Å². The van der Waals surface area contributed by atoms with Crippen LogP contribution in [0.5, 0.6) is 5.75 Å². The van der Waals surface area contributed by atoms with Crippen molar-refractivity contribution in [3.05, 3.63) is 66.2 Å². The van der Waals surface area contributed by atoms with Crippen molar-refractivity contribution in [1.29, 1.82) is 0 Å². The highest BCUT2D eigenvalue weighted by atomic mass is 32.2. The fourth-order valence-corrected chi connectivity index (χ4v) is 5.53. The van der Waals surface area contributed by atoms with Gasteiger partial charge in [-0.15, -0.1) is 0 Å². The highest BCUT2D eigenvalue weighted by Gasteiger charge is 2.20. The number of anilines is 1. The van der Waals surface area contributed by atoms with E-state index >= 15 is 0 Å². The predicted octanol–water partition coefficient (Wildman–Crippen LogP) is 5.12. The van der Waals surface area contributed by atoms with Crippen molar-refractivity contribution in [3.8, 4) is 5.75 Å². The highest BCUT2D eigenvalue weighted by molar-refractivity contribution is 7.89. The lowest BCUT2D eigenvalue weighted by Gasteiger charge is -2.33. The molecule has 164 valence electrons. The normalized spacial score (nSPS) is 18.2. The molecule has 3 aromatic rings. The summed E-state index contributed by atoms with van der Waals surface area (Å²) < 4.78 is 34.0. The predicted molar refractivity (Wildman–Crippen MR) is 126 cm³/mol. The summed E-state index contributed by atoms with van der Waals surface area (Å²) in [6.07, 6.45) is 2.51. The van der Waals surface area contributed by atoms with Crippen molar-refractivity contribution in [2.24, 2.45) is 5.92 Å². The monoisotopic (exact) mass is 438 g/mol. The molecule has 1 aliphatic rings. The number of hydrogen-bond acceptors (Lipinski definition) is 4. The summed E-state index contributed by atoms with van der Waals surface area (Å²) >= 11 is 0. The van der Waals surface area contributed by atoms with Gasteiger partial charge in [0, 0.05) is 24.8 Å². The van der Waals surface area contributed by atoms with Gasteiger partial charge in [-0.3, -0.25) is 0 Å². The van der Waals surface area contributed by atoms with E-state index in [1.165, 1.54) is 18.5 Å². The lowest BCUT2D eigenvalue weighted by atomic mass is 9.99. The van der Waals surface area contributed by atoms with Crippen LogP contribution in [0.4, 0.5) is 5.69 Å². The Kier molecular flexibility index (Phi) is 6.21. The first-order valence-corrected chi connectivity index (χ1v) is 12.3. The number of nitrogens with zero attached hydrogens (tertiary/aromatic N) is 1. The van der Waals surface area contributed by atoms with E-state index in [4.69, 9.17) is 4.74 Å². The molecule has 0 radical (unpaired) electrons. The van der Waals surface area contributed by atoms with Gasteiger partial charge < -0.3 is 9.64 Å². The number of ether oxygens (including phenoxy) is 1. The van der Waals surface area contributed by atoms with Crippen LogP contribution in [0.3, 0.4) is 0 Å². The quantitative estimate of drug-likeness (QED) is 0.580. The number of rotatable bonds is 6. The molecule has 0 spiro atoms. The number of sulfonamides is 1. The van der Waals surface area contributed by atoms with Crippen LogP contribution in [0, 0.1) is 5.92 Å². The molecule has 31 heavy (non-hydrogen) atoms. The third-order valence-corrected chi connectivity index (χ3v) is 7.61. The Morgan fingerprint density at radius 2 is 1.74 bits per heavy atom. The molecule has 5 nitrogen and oxygen atoms in total. The molecule has 0 aliphatic carbocycles. The van der Waals surface area contributed by atoms with Crippen LogP contribution in [0.2, 0.25) is 0 Å². The smallest absolute Gasteiger partial charge is 0.241 e. The Hall–Kier alpha value is -2.57. The third-order valence-electron chi connectivity index (χ3n) is 6.08. The molecule has 1 saturated heterocycles. The molecule has 2 atom stereocenters. The minimum Gasteiger partial charge on any atom is -0.497 e. The van der Waals surface area contributed by atoms with Crippen molar-refractivity contribution in [1.82, 2.24) is 4.72 Å². The summed E-state index contributed by atoms with van der Waals surface area (Å²) in [5, 5.41) is 1.80. The van der Waals surface area contributed by atoms with Gasteiger partial charge in [0.1, 0.15) is 5.75 Å². The number of fused-ring (bicyclic) bond motifs is 1. The van der Waals surface area contributed by atoms with Crippen molar-refractivity contribution in [2.45, 2.75) is 37.6 Å². The van der Waals surface area contributed by atoms with Crippen LogP contribution in [-0.2, 0) is 10.0 Å². The van der Waals surface area contributed by atoms with Gasteiger partial charge in [0.25, 0.3) is 0 Å². The fraction of sp³-hybridized carbons (Fsp3) is 0.360. The first kappa shape index (κ1) is 21.7. The molecule has 0 aromatic heterocycles. The van der Waals surface area contributed by atoms with Crippen molar-refractivity contribution in [2.75, 3.05) is 25.1 Å². The van der Waals surface area contributed by atoms with Gasteiger partial charge in [0.05, 0.1) is 12.0 Å². The van der Waals surface area contributed by atoms with Crippen LogP contribution in [-0.4, -0.2) is 28.6 Å². The summed E-state index contributed by atoms with van der Waals surface area (Å²) in [5.74, 6) is 1.46. The second kappa shape index (κ2) is 8.89. The van der Waals surface area contributed by atoms with E-state index in [-0.39, 0.29) is 10.9 Å². The molecular formula is C25H30N2O3S. The van der Waals surface area contributed by atoms with Crippen molar-refractivity contribution in [3.63, 3.8) is 0 Å². The first-order chi connectivity index (χ1) is 14.9. The summed E-state index contributed by atoms with van der Waals surface area (Å²) in [5.41, 5.74) is 2.15. The lowest BCUT2D eigenvalue weighted by Crippen LogP contribution is -2.34. The Morgan fingerprint density at radius 3 is 2.45 bits per heavy atom. The highest BCUT2D eigenvalue weighted by Crippen LogP contribution is 2.27. The van der Waals surface area contributed by atoms with Gasteiger partial charge in [-0.1, -0.05) is 31.2 Å². The molecule has 0 amide bonds. The third kappa shape index (κ3) is 4.86. The molecule has 3 aromatic carbocycles. The lowest BCUT2D eigenvalue weighted by molar-refractivity contribution is 0.415. The van der Waals surface area contributed by atoms with Crippen LogP contribution < -0.4 is 14.4 Å². The molecule has 6 heteroatoms. The molecule has 1 fully saturated rings. The Bertz CT molecular complexity index is 1160. The zero-order valence-electron chi connectivity index (χ0n) is 18.3. The standard InChI is InChI=1S/C25H30N2O3S/c1-18-5-4-14-27(17-18)23-10-6-20(7-11-23)19(2)26-31(28,29)25-13-9-21-15-24(30-3)12-8-22(21)16-25/h6-13,15-16,18-19,26H,4-5,14,17H2,1-3H3. The van der Waals surface area contributed by atoms with E-state index in [0.29, 0.717) is 5.92 Å². The maximum atomic E-state index is 13.0.